The van der Waals surface area contributed by atoms with E-state index in [1.807, 2.05) is 0 Å². The van der Waals surface area contributed by atoms with Crippen LogP contribution < -0.4 is 0 Å². The van der Waals surface area contributed by atoms with E-state index in [4.69, 9.17) is 0 Å². The Labute approximate surface area is 166 Å². The fraction of sp³-hybridized carbons (Fsp3) is 0.720. The molecule has 2 nitrogen and oxygen atoms in total. The third-order valence-corrected chi connectivity index (χ3v) is 6.22. The van der Waals surface area contributed by atoms with Crippen molar-refractivity contribution in [2.24, 2.45) is 10.8 Å². The van der Waals surface area contributed by atoms with Crippen molar-refractivity contribution in [3.05, 3.63) is 34.4 Å². The van der Waals surface area contributed by atoms with Crippen molar-refractivity contribution in [3.8, 4) is 0 Å². The molecule has 0 radical (unpaired) electrons. The molecule has 1 N–H and O–H groups in total. The van der Waals surface area contributed by atoms with Crippen molar-refractivity contribution in [2.75, 3.05) is 0 Å². The number of aliphatic carboxylic acids is 1. The smallest absolute Gasteiger partial charge is 0.309 e. The summed E-state index contributed by atoms with van der Waals surface area (Å²) in [6.45, 7) is 11.4. The highest BCUT2D eigenvalue weighted by Gasteiger charge is 2.49. The van der Waals surface area contributed by atoms with Gasteiger partial charge in [0.1, 0.15) is 0 Å². The summed E-state index contributed by atoms with van der Waals surface area (Å²) >= 11 is 0. The number of carboxylic acids is 1. The fourth-order valence-electron chi connectivity index (χ4n) is 4.30. The van der Waals surface area contributed by atoms with Gasteiger partial charge < -0.3 is 5.11 Å². The van der Waals surface area contributed by atoms with Crippen LogP contribution in [0.3, 0.4) is 0 Å². The van der Waals surface area contributed by atoms with Gasteiger partial charge in [-0.1, -0.05) is 57.7 Å². The zero-order chi connectivity index (χ0) is 20.1. The topological polar surface area (TPSA) is 37.3 Å². The van der Waals surface area contributed by atoms with Crippen molar-refractivity contribution in [2.45, 2.75) is 105 Å². The second-order valence-corrected chi connectivity index (χ2v) is 10.1. The average Bonchev–Trinajstić information content (AvgIpc) is 3.33. The number of carbonyl (C=O) groups is 1. The van der Waals surface area contributed by atoms with Gasteiger partial charge in [0, 0.05) is 0 Å². The molecule has 2 rings (SSSR count). The quantitative estimate of drug-likeness (QED) is 0.423. The molecule has 0 bridgehead atoms. The largest absolute Gasteiger partial charge is 0.481 e. The number of hydrogen-bond acceptors (Lipinski definition) is 1. The Balaban J connectivity index is 1.83. The molecule has 2 heteroatoms. The van der Waals surface area contributed by atoms with Crippen molar-refractivity contribution in [3.63, 3.8) is 0 Å². The Morgan fingerprint density at radius 3 is 2.26 bits per heavy atom. The van der Waals surface area contributed by atoms with Crippen LogP contribution in [0.2, 0.25) is 0 Å². The molecule has 1 saturated carbocycles. The lowest BCUT2D eigenvalue weighted by atomic mass is 9.87. The zero-order valence-corrected chi connectivity index (χ0v) is 18.3. The molecule has 1 aliphatic carbocycles. The van der Waals surface area contributed by atoms with E-state index >= 15 is 0 Å². The minimum absolute atomic E-state index is 0.349. The Kier molecular flexibility index (Phi) is 7.54. The molecule has 0 heterocycles. The number of unbranched alkanes of at least 4 members (excludes halogenated alkanes) is 3. The van der Waals surface area contributed by atoms with Gasteiger partial charge in [-0.15, -0.1) is 0 Å². The molecule has 1 aromatic rings. The Bertz CT molecular complexity index is 632. The molecule has 0 aromatic heterocycles. The van der Waals surface area contributed by atoms with Crippen LogP contribution in [0.15, 0.2) is 12.1 Å². The first-order valence-electron chi connectivity index (χ1n) is 11.0. The summed E-state index contributed by atoms with van der Waals surface area (Å²) in [6, 6.07) is 4.71. The summed E-state index contributed by atoms with van der Waals surface area (Å²) < 4.78 is 0. The maximum atomic E-state index is 11.3. The van der Waals surface area contributed by atoms with E-state index in [0.717, 1.165) is 38.5 Å². The van der Waals surface area contributed by atoms with E-state index in [1.165, 1.54) is 43.2 Å². The number of aryl methyl sites for hydroxylation is 3. The lowest BCUT2D eigenvalue weighted by molar-refractivity contribution is -0.143. The van der Waals surface area contributed by atoms with Crippen LogP contribution in [0.25, 0.3) is 0 Å². The Morgan fingerprint density at radius 2 is 1.67 bits per heavy atom. The highest BCUT2D eigenvalue weighted by atomic mass is 16.4. The van der Waals surface area contributed by atoms with Crippen molar-refractivity contribution in [1.29, 1.82) is 0 Å². The third kappa shape index (κ3) is 6.97. The van der Waals surface area contributed by atoms with Crippen LogP contribution in [-0.2, 0) is 17.6 Å². The summed E-state index contributed by atoms with van der Waals surface area (Å²) in [7, 11) is 0. The van der Waals surface area contributed by atoms with Crippen LogP contribution in [0.4, 0.5) is 0 Å². The molecule has 0 unspecified atom stereocenters. The molecule has 0 saturated heterocycles. The van der Waals surface area contributed by atoms with Gasteiger partial charge in [-0.25, -0.2) is 0 Å². The summed E-state index contributed by atoms with van der Waals surface area (Å²) in [4.78, 5) is 11.3. The second-order valence-electron chi connectivity index (χ2n) is 10.1. The molecule has 1 aromatic carbocycles. The maximum Gasteiger partial charge on any atom is 0.309 e. The van der Waals surface area contributed by atoms with E-state index in [1.54, 1.807) is 11.1 Å². The monoisotopic (exact) mass is 372 g/mol. The summed E-state index contributed by atoms with van der Waals surface area (Å²) in [5, 5.41) is 9.29. The molecule has 1 aliphatic rings. The van der Waals surface area contributed by atoms with Gasteiger partial charge in [0.2, 0.25) is 0 Å². The lowest BCUT2D eigenvalue weighted by Gasteiger charge is -2.18. The second kappa shape index (κ2) is 9.26. The predicted molar refractivity (Wildman–Crippen MR) is 114 cm³/mol. The molecular weight excluding hydrogens is 332 g/mol. The van der Waals surface area contributed by atoms with E-state index in [9.17, 15) is 9.90 Å². The van der Waals surface area contributed by atoms with Gasteiger partial charge in [0.15, 0.2) is 0 Å². The van der Waals surface area contributed by atoms with Gasteiger partial charge in [0.25, 0.3) is 0 Å². The van der Waals surface area contributed by atoms with E-state index in [0.29, 0.717) is 5.41 Å². The minimum atomic E-state index is -0.575. The van der Waals surface area contributed by atoms with Crippen molar-refractivity contribution in [1.82, 2.24) is 0 Å². The maximum absolute atomic E-state index is 11.3. The van der Waals surface area contributed by atoms with Gasteiger partial charge in [-0.05, 0) is 87.3 Å². The molecule has 0 amide bonds. The molecule has 27 heavy (non-hydrogen) atoms. The first-order valence-corrected chi connectivity index (χ1v) is 11.0. The molecule has 1 fully saturated rings. The summed E-state index contributed by atoms with van der Waals surface area (Å²) in [6.07, 6.45) is 12.2. The first kappa shape index (κ1) is 22.0. The van der Waals surface area contributed by atoms with E-state index < -0.39 is 5.97 Å². The van der Waals surface area contributed by atoms with Crippen LogP contribution in [0, 0.1) is 24.7 Å². The summed E-state index contributed by atoms with van der Waals surface area (Å²) in [5.41, 5.74) is 5.99. The Hall–Kier alpha value is -1.31. The van der Waals surface area contributed by atoms with Gasteiger partial charge >= 0.3 is 5.97 Å². The number of benzene rings is 1. The standard InChI is InChI=1S/C25H40O2/c1-19-17-20(2)22(21(18-19)11-8-10-13-24(3,4)5)12-7-6-9-14-25(15-16-25)23(26)27/h17-18H,6-16H2,1-5H3,(H,26,27). The zero-order valence-electron chi connectivity index (χ0n) is 18.3. The summed E-state index contributed by atoms with van der Waals surface area (Å²) in [5.74, 6) is -0.575. The fourth-order valence-corrected chi connectivity index (χ4v) is 4.30. The van der Waals surface area contributed by atoms with Crippen molar-refractivity contribution >= 4 is 5.97 Å². The highest BCUT2D eigenvalue weighted by Crippen LogP contribution is 2.50. The van der Waals surface area contributed by atoms with E-state index in [-0.39, 0.29) is 5.41 Å². The number of rotatable bonds is 11. The highest BCUT2D eigenvalue weighted by molar-refractivity contribution is 5.77. The normalized spacial score (nSPS) is 15.7. The molecular formula is C25H40O2. The molecule has 152 valence electrons. The van der Waals surface area contributed by atoms with E-state index in [2.05, 4.69) is 46.8 Å². The molecule has 0 aliphatic heterocycles. The van der Waals surface area contributed by atoms with Gasteiger partial charge in [0.05, 0.1) is 5.41 Å². The van der Waals surface area contributed by atoms with Crippen LogP contribution in [-0.4, -0.2) is 11.1 Å². The third-order valence-electron chi connectivity index (χ3n) is 6.22. The lowest BCUT2D eigenvalue weighted by Crippen LogP contribution is -2.14. The first-order chi connectivity index (χ1) is 12.6. The molecule has 0 spiro atoms. The Morgan fingerprint density at radius 1 is 1.00 bits per heavy atom. The van der Waals surface area contributed by atoms with Gasteiger partial charge in [-0.2, -0.15) is 0 Å². The van der Waals surface area contributed by atoms with Crippen LogP contribution in [0.5, 0.6) is 0 Å². The SMILES string of the molecule is Cc1cc(C)c(CCCCCC2(C(=O)O)CC2)c(CCCCC(C)(C)C)c1. The van der Waals surface area contributed by atoms with Crippen molar-refractivity contribution < 1.29 is 9.90 Å². The van der Waals surface area contributed by atoms with Gasteiger partial charge in [-0.3, -0.25) is 4.79 Å². The van der Waals surface area contributed by atoms with Crippen LogP contribution in [0.1, 0.15) is 101 Å². The predicted octanol–water partition coefficient (Wildman–Crippen LogP) is 7.03. The molecule has 0 atom stereocenters. The average molecular weight is 373 g/mol. The van der Waals surface area contributed by atoms with Crippen LogP contribution >= 0.6 is 0 Å². The number of hydrogen-bond donors (Lipinski definition) is 1. The number of carboxylic acid groups (broad SMARTS) is 1. The minimum Gasteiger partial charge on any atom is -0.481 e.